The van der Waals surface area contributed by atoms with Crippen molar-refractivity contribution in [3.63, 3.8) is 0 Å². The van der Waals surface area contributed by atoms with Crippen molar-refractivity contribution in [3.8, 4) is 5.75 Å². The Balaban J connectivity index is 1.47. The third-order valence-corrected chi connectivity index (χ3v) is 9.63. The molecule has 240 valence electrons. The molecule has 1 atom stereocenters. The fourth-order valence-electron chi connectivity index (χ4n) is 6.01. The van der Waals surface area contributed by atoms with E-state index in [1.165, 1.54) is 42.8 Å². The van der Waals surface area contributed by atoms with Gasteiger partial charge in [0.25, 0.3) is 5.56 Å². The van der Waals surface area contributed by atoms with Gasteiger partial charge in [-0.25, -0.2) is 21.9 Å². The molecule has 0 bridgehead atoms. The van der Waals surface area contributed by atoms with Crippen molar-refractivity contribution in [2.45, 2.75) is 24.2 Å². The minimum Gasteiger partial charge on any atom is -0.507 e. The highest BCUT2D eigenvalue weighted by atomic mass is 32.2. The summed E-state index contributed by atoms with van der Waals surface area (Å²) in [7, 11) is -2.44. The quantitative estimate of drug-likeness (QED) is 0.159. The number of sulfonamides is 1. The van der Waals surface area contributed by atoms with Crippen LogP contribution in [0.4, 0.5) is 14.5 Å². The van der Waals surface area contributed by atoms with E-state index in [0.717, 1.165) is 18.2 Å². The lowest BCUT2D eigenvalue weighted by Gasteiger charge is -2.22. The largest absolute Gasteiger partial charge is 0.507 e. The van der Waals surface area contributed by atoms with E-state index in [-0.39, 0.29) is 40.6 Å². The molecule has 0 spiro atoms. The zero-order chi connectivity index (χ0) is 33.5. The average Bonchev–Trinajstić information content (AvgIpc) is 3.41. The molecule has 1 unspecified atom stereocenters. The number of H-pyrrole nitrogens is 1. The Hall–Kier alpha value is -5.33. The summed E-state index contributed by atoms with van der Waals surface area (Å²) in [5.74, 6) is -3.49. The van der Waals surface area contributed by atoms with Crippen LogP contribution in [0.2, 0.25) is 0 Å². The summed E-state index contributed by atoms with van der Waals surface area (Å²) in [6.07, 6.45) is 0.0879. The summed E-state index contributed by atoms with van der Waals surface area (Å²) in [5.41, 5.74) is 1.41. The van der Waals surface area contributed by atoms with E-state index in [2.05, 4.69) is 15.0 Å². The van der Waals surface area contributed by atoms with Gasteiger partial charge in [0.2, 0.25) is 15.9 Å². The van der Waals surface area contributed by atoms with Crippen LogP contribution in [-0.2, 0) is 28.3 Å². The molecule has 0 aliphatic heterocycles. The van der Waals surface area contributed by atoms with Crippen LogP contribution in [0, 0.1) is 11.6 Å². The number of fused-ring (bicyclic) bond motifs is 2. The van der Waals surface area contributed by atoms with Crippen LogP contribution in [0.3, 0.4) is 0 Å². The second-order valence-electron chi connectivity index (χ2n) is 11.2. The Morgan fingerprint density at radius 2 is 1.64 bits per heavy atom. The molecule has 12 heteroatoms. The van der Waals surface area contributed by atoms with Gasteiger partial charge in [0, 0.05) is 53.8 Å². The predicted molar refractivity (Wildman–Crippen MR) is 176 cm³/mol. The Labute approximate surface area is 268 Å². The summed E-state index contributed by atoms with van der Waals surface area (Å²) < 4.78 is 60.7. The van der Waals surface area contributed by atoms with Crippen LogP contribution >= 0.6 is 0 Å². The zero-order valence-electron chi connectivity index (χ0n) is 25.3. The van der Waals surface area contributed by atoms with Gasteiger partial charge in [-0.2, -0.15) is 0 Å². The van der Waals surface area contributed by atoms with Crippen LogP contribution in [-0.4, -0.2) is 35.5 Å². The highest BCUT2D eigenvalue weighted by molar-refractivity contribution is 7.89. The Morgan fingerprint density at radius 1 is 0.957 bits per heavy atom. The number of amides is 1. The van der Waals surface area contributed by atoms with Crippen molar-refractivity contribution in [1.29, 1.82) is 0 Å². The number of aromatic hydroxyl groups is 1. The van der Waals surface area contributed by atoms with Crippen molar-refractivity contribution in [1.82, 2.24) is 14.3 Å². The minimum absolute atomic E-state index is 0.0185. The first-order chi connectivity index (χ1) is 22.5. The van der Waals surface area contributed by atoms with Crippen molar-refractivity contribution >= 4 is 43.4 Å². The maximum absolute atomic E-state index is 15.7. The summed E-state index contributed by atoms with van der Waals surface area (Å²) in [4.78, 5) is 28.5. The minimum atomic E-state index is -3.98. The van der Waals surface area contributed by atoms with E-state index < -0.39 is 33.1 Å². The molecule has 0 saturated carbocycles. The van der Waals surface area contributed by atoms with Gasteiger partial charge in [0.05, 0.1) is 21.9 Å². The van der Waals surface area contributed by atoms with Crippen molar-refractivity contribution in [3.05, 3.63) is 135 Å². The first-order valence-corrected chi connectivity index (χ1v) is 16.2. The summed E-state index contributed by atoms with van der Waals surface area (Å²) in [5, 5.41) is 15.2. The van der Waals surface area contributed by atoms with Crippen LogP contribution < -0.4 is 15.6 Å². The molecule has 0 aliphatic carbocycles. The normalized spacial score (nSPS) is 12.4. The molecule has 2 aromatic heterocycles. The number of carbonyl (C=O) groups excluding carboxylic acids is 1. The van der Waals surface area contributed by atoms with Gasteiger partial charge in [0.1, 0.15) is 17.4 Å². The number of aromatic nitrogens is 2. The molecule has 0 saturated heterocycles. The molecule has 4 N–H and O–H groups in total. The van der Waals surface area contributed by atoms with Crippen molar-refractivity contribution in [2.75, 3.05) is 11.9 Å². The van der Waals surface area contributed by atoms with Gasteiger partial charge in [-0.15, -0.1) is 0 Å². The molecule has 0 radical (unpaired) electrons. The van der Waals surface area contributed by atoms with Crippen LogP contribution in [0.15, 0.2) is 101 Å². The number of carbonyl (C=O) groups is 1. The number of aromatic amines is 1. The fourth-order valence-corrected chi connectivity index (χ4v) is 7.04. The molecule has 6 aromatic rings. The van der Waals surface area contributed by atoms with Crippen LogP contribution in [0.25, 0.3) is 21.8 Å². The molecular weight excluding hydrogens is 626 g/mol. The first-order valence-electron chi connectivity index (χ1n) is 14.7. The lowest BCUT2D eigenvalue weighted by Crippen LogP contribution is -2.27. The number of halogens is 2. The molecule has 2 heterocycles. The second kappa shape index (κ2) is 12.5. The van der Waals surface area contributed by atoms with E-state index in [4.69, 9.17) is 0 Å². The summed E-state index contributed by atoms with van der Waals surface area (Å²) >= 11 is 0. The lowest BCUT2D eigenvalue weighted by atomic mass is 9.84. The molecule has 47 heavy (non-hydrogen) atoms. The number of nitrogens with one attached hydrogen (secondary N) is 3. The average molecular weight is 657 g/mol. The molecule has 6 rings (SSSR count). The van der Waals surface area contributed by atoms with Crippen molar-refractivity contribution < 1.29 is 27.1 Å². The SMILES string of the molecule is CC(=O)Nc1ccc(S(=O)(=O)NCCc2c(C(c3cc(F)ccc3F)c3c(O)c4ccccc4n(C)c3=O)[nH]c3ccccc23)cc1. The van der Waals surface area contributed by atoms with Crippen LogP contribution in [0.5, 0.6) is 5.75 Å². The highest BCUT2D eigenvalue weighted by Crippen LogP contribution is 2.42. The smallest absolute Gasteiger partial charge is 0.258 e. The van der Waals surface area contributed by atoms with E-state index in [0.29, 0.717) is 38.8 Å². The number of anilines is 1. The van der Waals surface area contributed by atoms with Crippen LogP contribution in [0.1, 0.15) is 35.2 Å². The van der Waals surface area contributed by atoms with Gasteiger partial charge in [-0.1, -0.05) is 30.3 Å². The molecule has 0 aliphatic rings. The number of pyridine rings is 1. The molecule has 0 fully saturated rings. The second-order valence-corrected chi connectivity index (χ2v) is 12.9. The Bertz CT molecular complexity index is 2330. The molecular formula is C35H30F2N4O5S. The van der Waals surface area contributed by atoms with E-state index >= 15 is 4.39 Å². The highest BCUT2D eigenvalue weighted by Gasteiger charge is 2.32. The standard InChI is InChI=1S/C35H30F2N4O5S/c1-20(42)39-22-12-14-23(15-13-22)47(45,46)38-18-17-25-24-7-3-5-9-29(24)40-33(25)31(27-19-21(36)11-16-28(27)37)32-34(43)26-8-4-6-10-30(26)41(2)35(32)44/h3-16,19,31,38,40,43H,17-18H2,1-2H3,(H,39,42). The third-order valence-electron chi connectivity index (χ3n) is 8.16. The maximum atomic E-state index is 15.7. The molecule has 9 nitrogen and oxygen atoms in total. The fraction of sp³-hybridized carbons (Fsp3) is 0.143. The Kier molecular flexibility index (Phi) is 8.39. The Morgan fingerprint density at radius 3 is 2.36 bits per heavy atom. The van der Waals surface area contributed by atoms with Gasteiger partial charge in [-0.3, -0.25) is 9.59 Å². The number of para-hydroxylation sites is 2. The van der Waals surface area contributed by atoms with Crippen molar-refractivity contribution in [2.24, 2.45) is 7.05 Å². The maximum Gasteiger partial charge on any atom is 0.258 e. The molecule has 4 aromatic carbocycles. The number of rotatable bonds is 9. The number of hydrogen-bond donors (Lipinski definition) is 4. The predicted octanol–water partition coefficient (Wildman–Crippen LogP) is 5.66. The topological polar surface area (TPSA) is 133 Å². The first kappa shape index (κ1) is 31.6. The van der Waals surface area contributed by atoms with E-state index in [1.807, 2.05) is 0 Å². The monoisotopic (exact) mass is 656 g/mol. The summed E-state index contributed by atoms with van der Waals surface area (Å²) in [6, 6.07) is 22.5. The number of nitrogens with zero attached hydrogens (tertiary/aromatic N) is 1. The van der Waals surface area contributed by atoms with E-state index in [9.17, 15) is 27.5 Å². The van der Waals surface area contributed by atoms with Gasteiger partial charge in [0.15, 0.2) is 0 Å². The third kappa shape index (κ3) is 6.00. The van der Waals surface area contributed by atoms with Gasteiger partial charge >= 0.3 is 0 Å². The van der Waals surface area contributed by atoms with E-state index in [1.54, 1.807) is 48.5 Å². The zero-order valence-corrected chi connectivity index (χ0v) is 26.2. The number of hydrogen-bond acceptors (Lipinski definition) is 5. The van der Waals surface area contributed by atoms with Gasteiger partial charge in [-0.05, 0) is 72.6 Å². The number of aryl methyl sites for hydroxylation is 1. The summed E-state index contributed by atoms with van der Waals surface area (Å²) in [6.45, 7) is 1.25. The number of benzene rings is 4. The van der Waals surface area contributed by atoms with Gasteiger partial charge < -0.3 is 20.0 Å². The molecule has 1 amide bonds. The lowest BCUT2D eigenvalue weighted by molar-refractivity contribution is -0.114.